The number of hydrogen-bond acceptors (Lipinski definition) is 8. The summed E-state index contributed by atoms with van der Waals surface area (Å²) in [6.45, 7) is 12.8. The van der Waals surface area contributed by atoms with E-state index in [4.69, 9.17) is 28.3 Å². The molecule has 0 radical (unpaired) electrons. The van der Waals surface area contributed by atoms with Gasteiger partial charge in [-0.25, -0.2) is 4.79 Å². The van der Waals surface area contributed by atoms with E-state index < -0.39 is 30.2 Å². The van der Waals surface area contributed by atoms with Crippen molar-refractivity contribution < 1.29 is 37.8 Å². The summed E-state index contributed by atoms with van der Waals surface area (Å²) >= 11 is 0. The quantitative estimate of drug-likeness (QED) is 0.256. The molecule has 9 nitrogen and oxygen atoms in total. The Hall–Kier alpha value is -2.14. The number of ether oxygens (including phenoxy) is 4. The molecule has 1 aromatic rings. The molecule has 3 aliphatic carbocycles. The highest BCUT2D eigenvalue weighted by atomic mass is 16.7. The smallest absolute Gasteiger partial charge is 0.482 e. The minimum absolute atomic E-state index is 0.0355. The monoisotopic (exact) mass is 545 g/mol. The summed E-state index contributed by atoms with van der Waals surface area (Å²) in [4.78, 5) is 25.9. The van der Waals surface area contributed by atoms with Gasteiger partial charge in [0.05, 0.1) is 38.0 Å². The number of carbonyl (C=O) groups is 2. The van der Waals surface area contributed by atoms with Crippen LogP contribution in [0.4, 0.5) is 0 Å². The van der Waals surface area contributed by atoms with Crippen LogP contribution in [0.15, 0.2) is 18.2 Å². The van der Waals surface area contributed by atoms with E-state index in [0.717, 1.165) is 18.4 Å². The second-order valence-electron chi connectivity index (χ2n) is 12.8. The van der Waals surface area contributed by atoms with Crippen LogP contribution in [0.1, 0.15) is 70.3 Å². The number of esters is 1. The van der Waals surface area contributed by atoms with Crippen molar-refractivity contribution in [3.8, 4) is 5.75 Å². The summed E-state index contributed by atoms with van der Waals surface area (Å²) in [5.41, 5.74) is 0.187. The number of methoxy groups -OCH3 is 2. The minimum Gasteiger partial charge on any atom is -0.496 e. The maximum atomic E-state index is 12.9. The van der Waals surface area contributed by atoms with Crippen molar-refractivity contribution in [2.75, 3.05) is 34.0 Å². The lowest BCUT2D eigenvalue weighted by molar-refractivity contribution is -0.199. The molecule has 0 spiro atoms. The van der Waals surface area contributed by atoms with Gasteiger partial charge in [-0.15, -0.1) is 0 Å². The van der Waals surface area contributed by atoms with Crippen LogP contribution in [-0.4, -0.2) is 76.3 Å². The first-order valence-electron chi connectivity index (χ1n) is 13.9. The van der Waals surface area contributed by atoms with Crippen LogP contribution in [0.5, 0.6) is 5.75 Å². The topological polar surface area (TPSA) is 102 Å². The van der Waals surface area contributed by atoms with Crippen molar-refractivity contribution in [1.82, 2.24) is 5.32 Å². The largest absolute Gasteiger partial charge is 0.496 e. The Morgan fingerprint density at radius 3 is 2.54 bits per heavy atom. The summed E-state index contributed by atoms with van der Waals surface area (Å²) in [6, 6.07) is 5.35. The summed E-state index contributed by atoms with van der Waals surface area (Å²) in [7, 11) is 2.45. The first-order valence-corrected chi connectivity index (χ1v) is 13.9. The van der Waals surface area contributed by atoms with E-state index in [9.17, 15) is 9.59 Å². The highest BCUT2D eigenvalue weighted by molar-refractivity contribution is 6.48. The molecule has 4 aliphatic rings. The van der Waals surface area contributed by atoms with E-state index >= 15 is 0 Å². The maximum absolute atomic E-state index is 12.9. The Balaban J connectivity index is 1.57. The Kier molecular flexibility index (Phi) is 8.71. The molecule has 0 aromatic heterocycles. The highest BCUT2D eigenvalue weighted by Gasteiger charge is 2.68. The molecule has 1 aromatic carbocycles. The van der Waals surface area contributed by atoms with Gasteiger partial charge >= 0.3 is 13.1 Å². The maximum Gasteiger partial charge on any atom is 0.482 e. The third-order valence-corrected chi connectivity index (χ3v) is 8.67. The van der Waals surface area contributed by atoms with Crippen molar-refractivity contribution in [2.45, 2.75) is 84.1 Å². The molecule has 2 bridgehead atoms. The molecule has 1 aliphatic heterocycles. The predicted octanol–water partition coefficient (Wildman–Crippen LogP) is 3.61. The third-order valence-electron chi connectivity index (χ3n) is 8.67. The van der Waals surface area contributed by atoms with Crippen molar-refractivity contribution >= 4 is 19.0 Å². The van der Waals surface area contributed by atoms with Crippen molar-refractivity contribution in [3.63, 3.8) is 0 Å². The molecule has 1 amide bonds. The van der Waals surface area contributed by atoms with Crippen LogP contribution in [0.2, 0.25) is 0 Å². The zero-order valence-corrected chi connectivity index (χ0v) is 24.6. The van der Waals surface area contributed by atoms with Gasteiger partial charge in [0.25, 0.3) is 0 Å². The molecule has 1 saturated heterocycles. The summed E-state index contributed by atoms with van der Waals surface area (Å²) < 4.78 is 35.0. The number of rotatable bonds is 11. The van der Waals surface area contributed by atoms with Crippen LogP contribution in [0, 0.1) is 17.3 Å². The minimum atomic E-state index is -0.659. The van der Waals surface area contributed by atoms with Gasteiger partial charge in [-0.1, -0.05) is 26.0 Å². The van der Waals surface area contributed by atoms with Crippen molar-refractivity contribution in [2.24, 2.45) is 17.3 Å². The molecule has 39 heavy (non-hydrogen) atoms. The van der Waals surface area contributed by atoms with Crippen LogP contribution in [0.25, 0.3) is 0 Å². The molecule has 5 unspecified atom stereocenters. The molecule has 10 heteroatoms. The Labute approximate surface area is 232 Å². The number of carbonyl (C=O) groups excluding carboxylic acids is 2. The Morgan fingerprint density at radius 2 is 1.90 bits per heavy atom. The number of benzene rings is 1. The lowest BCUT2D eigenvalue weighted by Gasteiger charge is -2.64. The van der Waals surface area contributed by atoms with Gasteiger partial charge in [0.2, 0.25) is 5.91 Å². The number of hydrogen-bond donors (Lipinski definition) is 1. The van der Waals surface area contributed by atoms with Gasteiger partial charge in [0.1, 0.15) is 23.5 Å². The van der Waals surface area contributed by atoms with E-state index in [1.54, 1.807) is 19.2 Å². The fourth-order valence-corrected chi connectivity index (χ4v) is 6.56. The Bertz CT molecular complexity index is 1060. The molecular formula is C29H44BNO8. The van der Waals surface area contributed by atoms with Crippen LogP contribution >= 0.6 is 0 Å². The molecule has 3 saturated carbocycles. The number of amides is 1. The molecule has 5 rings (SSSR count). The lowest BCUT2D eigenvalue weighted by atomic mass is 9.43. The first-order chi connectivity index (χ1) is 18.3. The van der Waals surface area contributed by atoms with Crippen molar-refractivity contribution in [3.05, 3.63) is 29.3 Å². The van der Waals surface area contributed by atoms with Gasteiger partial charge < -0.3 is 33.6 Å². The van der Waals surface area contributed by atoms with Gasteiger partial charge in [-0.3, -0.25) is 4.79 Å². The summed E-state index contributed by atoms with van der Waals surface area (Å²) in [5.74, 6) is 0.118. The van der Waals surface area contributed by atoms with Gasteiger partial charge in [0.15, 0.2) is 0 Å². The van der Waals surface area contributed by atoms with Gasteiger partial charge in [-0.2, -0.15) is 0 Å². The van der Waals surface area contributed by atoms with E-state index in [-0.39, 0.29) is 24.0 Å². The average molecular weight is 545 g/mol. The zero-order chi connectivity index (χ0) is 28.6. The van der Waals surface area contributed by atoms with Crippen LogP contribution in [0.3, 0.4) is 0 Å². The summed E-state index contributed by atoms with van der Waals surface area (Å²) in [6.07, 6.45) is 2.36. The molecule has 1 heterocycles. The van der Waals surface area contributed by atoms with Crippen LogP contribution in [-0.2, 0) is 34.7 Å². The van der Waals surface area contributed by atoms with E-state index in [0.29, 0.717) is 42.8 Å². The second-order valence-corrected chi connectivity index (χ2v) is 12.8. The predicted molar refractivity (Wildman–Crippen MR) is 147 cm³/mol. The van der Waals surface area contributed by atoms with E-state index in [1.165, 1.54) is 7.11 Å². The van der Waals surface area contributed by atoms with Gasteiger partial charge in [0, 0.05) is 7.11 Å². The standard InChI is InChI=1S/C29H44BNO8/c1-27(2,3)37-26(33)20-11-9-10-18(25(20)35-8)14-23(31-24(32)17-36-13-12-34-7)30-38-22-16-19-15-21(28(19,4)5)29(22,6)39-30/h9-11,19,21-23H,12-17H2,1-8H3,(H,31,32). The summed E-state index contributed by atoms with van der Waals surface area (Å²) in [5, 5.41) is 3.07. The van der Waals surface area contributed by atoms with E-state index in [1.807, 2.05) is 26.8 Å². The molecule has 5 atom stereocenters. The van der Waals surface area contributed by atoms with Crippen LogP contribution < -0.4 is 10.1 Å². The van der Waals surface area contributed by atoms with Gasteiger partial charge in [-0.05, 0) is 75.8 Å². The molecular weight excluding hydrogens is 501 g/mol. The lowest BCUT2D eigenvalue weighted by Crippen LogP contribution is -2.65. The zero-order valence-electron chi connectivity index (χ0n) is 24.6. The fourth-order valence-electron chi connectivity index (χ4n) is 6.56. The number of nitrogens with one attached hydrogen (secondary N) is 1. The SMILES string of the molecule is COCCOCC(=O)NC(Cc1cccc(C(=O)OC(C)(C)C)c1OC)B1OC2CC3CC(C3(C)C)C2(C)O1. The number of para-hydroxylation sites is 1. The van der Waals surface area contributed by atoms with Crippen molar-refractivity contribution in [1.29, 1.82) is 0 Å². The van der Waals surface area contributed by atoms with E-state index in [2.05, 4.69) is 26.1 Å². The highest BCUT2D eigenvalue weighted by Crippen LogP contribution is 2.65. The molecule has 4 fully saturated rings. The fraction of sp³-hybridized carbons (Fsp3) is 0.724. The first kappa shape index (κ1) is 29.8. The third kappa shape index (κ3) is 6.14. The molecule has 1 N–H and O–H groups in total. The molecule has 216 valence electrons. The second kappa shape index (κ2) is 11.4. The normalized spacial score (nSPS) is 27.8. The Morgan fingerprint density at radius 1 is 1.15 bits per heavy atom. The average Bonchev–Trinajstić information content (AvgIpc) is 3.22.